The number of benzene rings is 2. The van der Waals surface area contributed by atoms with Crippen molar-refractivity contribution >= 4 is 27.5 Å². The highest BCUT2D eigenvalue weighted by molar-refractivity contribution is 6.08. The molecular weight excluding hydrogens is 316 g/mol. The SMILES string of the molecule is Cn1c2ccc([N+](=O)[O-])cc2c2c(=N)n(Cc3ccccc3)ccc21. The van der Waals surface area contributed by atoms with E-state index in [-0.39, 0.29) is 5.69 Å². The van der Waals surface area contributed by atoms with Crippen LogP contribution in [-0.4, -0.2) is 14.1 Å². The van der Waals surface area contributed by atoms with Crippen LogP contribution in [0.15, 0.2) is 60.8 Å². The molecule has 4 rings (SSSR count). The molecule has 0 aliphatic heterocycles. The number of non-ortho nitro benzene ring substituents is 1. The molecule has 2 heterocycles. The lowest BCUT2D eigenvalue weighted by atomic mass is 10.1. The fourth-order valence-electron chi connectivity index (χ4n) is 3.30. The molecule has 0 aliphatic rings. The fraction of sp³-hybridized carbons (Fsp3) is 0.105. The summed E-state index contributed by atoms with van der Waals surface area (Å²) in [5, 5.41) is 21.2. The van der Waals surface area contributed by atoms with Crippen molar-refractivity contribution in [3.63, 3.8) is 0 Å². The summed E-state index contributed by atoms with van der Waals surface area (Å²) in [5.41, 5.74) is 3.27. The predicted octanol–water partition coefficient (Wildman–Crippen LogP) is 3.57. The van der Waals surface area contributed by atoms with Gasteiger partial charge in [0.1, 0.15) is 5.49 Å². The number of nitrogens with one attached hydrogen (secondary N) is 1. The molecule has 2 aromatic heterocycles. The molecule has 6 nitrogen and oxygen atoms in total. The minimum Gasteiger partial charge on any atom is -0.343 e. The Morgan fingerprint density at radius 2 is 1.84 bits per heavy atom. The first-order valence-corrected chi connectivity index (χ1v) is 7.91. The Kier molecular flexibility index (Phi) is 3.39. The first kappa shape index (κ1) is 15.1. The van der Waals surface area contributed by atoms with Gasteiger partial charge in [-0.25, -0.2) is 0 Å². The van der Waals surface area contributed by atoms with Crippen LogP contribution in [0.4, 0.5) is 5.69 Å². The van der Waals surface area contributed by atoms with Crippen LogP contribution in [0, 0.1) is 15.5 Å². The zero-order valence-corrected chi connectivity index (χ0v) is 13.6. The van der Waals surface area contributed by atoms with Gasteiger partial charge in [0.2, 0.25) is 0 Å². The summed E-state index contributed by atoms with van der Waals surface area (Å²) >= 11 is 0. The summed E-state index contributed by atoms with van der Waals surface area (Å²) in [7, 11) is 1.91. The standard InChI is InChI=1S/C19H16N4O2/c1-21-16-8-7-14(23(24)25)11-15(16)18-17(21)9-10-22(19(18)20)12-13-5-3-2-4-6-13/h2-11,20H,12H2,1H3. The molecule has 6 heteroatoms. The molecular formula is C19H16N4O2. The van der Waals surface area contributed by atoms with E-state index in [1.165, 1.54) is 6.07 Å². The van der Waals surface area contributed by atoms with Crippen LogP contribution in [0.2, 0.25) is 0 Å². The Morgan fingerprint density at radius 3 is 2.56 bits per heavy atom. The van der Waals surface area contributed by atoms with Crippen molar-refractivity contribution in [1.82, 2.24) is 9.13 Å². The summed E-state index contributed by atoms with van der Waals surface area (Å²) in [6.07, 6.45) is 1.89. The molecule has 2 aromatic carbocycles. The number of fused-ring (bicyclic) bond motifs is 3. The van der Waals surface area contributed by atoms with Crippen LogP contribution in [0.1, 0.15) is 5.56 Å². The number of nitro benzene ring substituents is 1. The molecule has 0 saturated carbocycles. The van der Waals surface area contributed by atoms with Crippen molar-refractivity contribution in [2.45, 2.75) is 6.54 Å². The number of nitrogens with zero attached hydrogens (tertiary/aromatic N) is 3. The second-order valence-electron chi connectivity index (χ2n) is 6.06. The van der Waals surface area contributed by atoms with E-state index in [1.807, 2.05) is 58.8 Å². The van der Waals surface area contributed by atoms with Gasteiger partial charge in [-0.05, 0) is 17.7 Å². The van der Waals surface area contributed by atoms with Crippen molar-refractivity contribution in [3.8, 4) is 0 Å². The summed E-state index contributed by atoms with van der Waals surface area (Å²) in [6, 6.07) is 16.7. The smallest absolute Gasteiger partial charge is 0.270 e. The maximum absolute atomic E-state index is 11.1. The second-order valence-corrected chi connectivity index (χ2v) is 6.06. The Balaban J connectivity index is 1.98. The molecule has 0 aliphatic carbocycles. The molecule has 0 spiro atoms. The molecule has 1 N–H and O–H groups in total. The number of hydrogen-bond donors (Lipinski definition) is 1. The van der Waals surface area contributed by atoms with Gasteiger partial charge in [0.05, 0.1) is 15.8 Å². The quantitative estimate of drug-likeness (QED) is 0.460. The van der Waals surface area contributed by atoms with E-state index in [9.17, 15) is 10.1 Å². The first-order valence-electron chi connectivity index (χ1n) is 7.91. The monoisotopic (exact) mass is 332 g/mol. The lowest BCUT2D eigenvalue weighted by Crippen LogP contribution is -2.20. The third-order valence-corrected chi connectivity index (χ3v) is 4.57. The predicted molar refractivity (Wildman–Crippen MR) is 96.5 cm³/mol. The highest BCUT2D eigenvalue weighted by Gasteiger charge is 2.15. The number of nitro groups is 1. The minimum atomic E-state index is -0.400. The van der Waals surface area contributed by atoms with Gasteiger partial charge in [0.15, 0.2) is 0 Å². The van der Waals surface area contributed by atoms with Crippen molar-refractivity contribution in [2.24, 2.45) is 7.05 Å². The first-order chi connectivity index (χ1) is 12.1. The number of pyridine rings is 1. The Morgan fingerprint density at radius 1 is 1.08 bits per heavy atom. The molecule has 0 bridgehead atoms. The van der Waals surface area contributed by atoms with Crippen molar-refractivity contribution < 1.29 is 4.92 Å². The van der Waals surface area contributed by atoms with Crippen LogP contribution in [0.25, 0.3) is 21.8 Å². The third kappa shape index (κ3) is 2.39. The summed E-state index contributed by atoms with van der Waals surface area (Å²) in [4.78, 5) is 10.7. The van der Waals surface area contributed by atoms with E-state index in [4.69, 9.17) is 5.41 Å². The average Bonchev–Trinajstić information content (AvgIpc) is 2.91. The topological polar surface area (TPSA) is 76.8 Å². The lowest BCUT2D eigenvalue weighted by molar-refractivity contribution is -0.384. The maximum Gasteiger partial charge on any atom is 0.270 e. The Bertz CT molecular complexity index is 1170. The zero-order chi connectivity index (χ0) is 17.6. The van der Waals surface area contributed by atoms with Gasteiger partial charge in [-0.3, -0.25) is 15.5 Å². The maximum atomic E-state index is 11.1. The zero-order valence-electron chi connectivity index (χ0n) is 13.6. The van der Waals surface area contributed by atoms with Gasteiger partial charge in [0.25, 0.3) is 5.69 Å². The van der Waals surface area contributed by atoms with E-state index < -0.39 is 4.92 Å². The van der Waals surface area contributed by atoms with Gasteiger partial charge >= 0.3 is 0 Å². The lowest BCUT2D eigenvalue weighted by Gasteiger charge is -2.08. The molecule has 124 valence electrons. The van der Waals surface area contributed by atoms with Crippen LogP contribution in [0.5, 0.6) is 0 Å². The van der Waals surface area contributed by atoms with Crippen LogP contribution in [0.3, 0.4) is 0 Å². The Hall–Kier alpha value is -3.41. The van der Waals surface area contributed by atoms with Gasteiger partial charge in [0, 0.05) is 42.8 Å². The van der Waals surface area contributed by atoms with Gasteiger partial charge < -0.3 is 9.13 Å². The van der Waals surface area contributed by atoms with E-state index in [0.29, 0.717) is 12.0 Å². The van der Waals surface area contributed by atoms with Crippen LogP contribution >= 0.6 is 0 Å². The highest BCUT2D eigenvalue weighted by Crippen LogP contribution is 2.28. The molecule has 0 fully saturated rings. The number of aromatic nitrogens is 2. The van der Waals surface area contributed by atoms with E-state index >= 15 is 0 Å². The van der Waals surface area contributed by atoms with Gasteiger partial charge in [-0.1, -0.05) is 30.3 Å². The molecule has 0 unspecified atom stereocenters. The summed E-state index contributed by atoms with van der Waals surface area (Å²) in [5.74, 6) is 0. The minimum absolute atomic E-state index is 0.0397. The van der Waals surface area contributed by atoms with Gasteiger partial charge in [-0.2, -0.15) is 0 Å². The number of hydrogen-bond acceptors (Lipinski definition) is 3. The Labute approximate surface area is 143 Å². The molecule has 0 radical (unpaired) electrons. The number of aryl methyl sites for hydroxylation is 1. The summed E-state index contributed by atoms with van der Waals surface area (Å²) < 4.78 is 3.83. The molecule has 0 atom stereocenters. The van der Waals surface area contributed by atoms with E-state index in [0.717, 1.165) is 27.4 Å². The average molecular weight is 332 g/mol. The largest absolute Gasteiger partial charge is 0.343 e. The van der Waals surface area contributed by atoms with Crippen molar-refractivity contribution in [3.05, 3.63) is 82.0 Å². The van der Waals surface area contributed by atoms with Crippen LogP contribution in [-0.2, 0) is 13.6 Å². The molecule has 0 saturated heterocycles. The van der Waals surface area contributed by atoms with E-state index in [1.54, 1.807) is 12.1 Å². The third-order valence-electron chi connectivity index (χ3n) is 4.57. The van der Waals surface area contributed by atoms with Crippen molar-refractivity contribution in [1.29, 1.82) is 5.41 Å². The molecule has 4 aromatic rings. The summed E-state index contributed by atoms with van der Waals surface area (Å²) in [6.45, 7) is 0.584. The second kappa shape index (κ2) is 5.59. The number of rotatable bonds is 3. The molecule has 25 heavy (non-hydrogen) atoms. The normalized spacial score (nSPS) is 11.2. The molecule has 0 amide bonds. The fourth-order valence-corrected chi connectivity index (χ4v) is 3.30. The van der Waals surface area contributed by atoms with Crippen molar-refractivity contribution in [2.75, 3.05) is 0 Å². The van der Waals surface area contributed by atoms with Gasteiger partial charge in [-0.15, -0.1) is 0 Å². The van der Waals surface area contributed by atoms with E-state index in [2.05, 4.69) is 0 Å². The van der Waals surface area contributed by atoms with Crippen LogP contribution < -0.4 is 5.49 Å². The highest BCUT2D eigenvalue weighted by atomic mass is 16.6.